The molecule has 1 aromatic carbocycles. The molecule has 1 fully saturated rings. The van der Waals surface area contributed by atoms with Crippen molar-refractivity contribution in [1.82, 2.24) is 4.98 Å². The van der Waals surface area contributed by atoms with Crippen LogP contribution in [0.2, 0.25) is 5.02 Å². The third-order valence-electron chi connectivity index (χ3n) is 3.64. The Labute approximate surface area is 121 Å². The number of aromatic nitrogens is 1. The van der Waals surface area contributed by atoms with E-state index in [2.05, 4.69) is 4.98 Å². The summed E-state index contributed by atoms with van der Waals surface area (Å²) in [5, 5.41) is 0.641. The molecule has 0 atom stereocenters. The summed E-state index contributed by atoms with van der Waals surface area (Å²) < 4.78 is 10.5. The largest absolute Gasteiger partial charge is 0.469 e. The van der Waals surface area contributed by atoms with Crippen LogP contribution in [-0.4, -0.2) is 31.2 Å². The van der Waals surface area contributed by atoms with Crippen LogP contribution in [0.5, 0.6) is 0 Å². The molecule has 0 N–H and O–H groups in total. The second kappa shape index (κ2) is 5.32. The van der Waals surface area contributed by atoms with Crippen molar-refractivity contribution in [2.45, 2.75) is 12.8 Å². The number of carbonyl (C=O) groups is 1. The third-order valence-corrected chi connectivity index (χ3v) is 3.87. The molecule has 1 aliphatic rings. The predicted octanol–water partition coefficient (Wildman–Crippen LogP) is 2.87. The van der Waals surface area contributed by atoms with Gasteiger partial charge in [-0.25, -0.2) is 0 Å². The van der Waals surface area contributed by atoms with E-state index in [0.717, 1.165) is 37.0 Å². The second-order valence-corrected chi connectivity index (χ2v) is 5.33. The summed E-state index contributed by atoms with van der Waals surface area (Å²) in [5.74, 6) is -0.149. The van der Waals surface area contributed by atoms with Crippen molar-refractivity contribution in [2.75, 3.05) is 25.1 Å². The fourth-order valence-electron chi connectivity index (χ4n) is 2.50. The number of anilines is 1. The van der Waals surface area contributed by atoms with Gasteiger partial charge in [0.15, 0.2) is 5.58 Å². The normalized spacial score (nSPS) is 16.6. The number of rotatable bonds is 2. The van der Waals surface area contributed by atoms with Crippen molar-refractivity contribution >= 4 is 34.7 Å². The Balaban J connectivity index is 1.75. The van der Waals surface area contributed by atoms with E-state index in [1.807, 2.05) is 11.0 Å². The van der Waals surface area contributed by atoms with E-state index in [9.17, 15) is 4.79 Å². The first-order chi connectivity index (χ1) is 9.67. The molecule has 1 saturated heterocycles. The van der Waals surface area contributed by atoms with Gasteiger partial charge in [-0.2, -0.15) is 4.98 Å². The molecular weight excluding hydrogens is 280 g/mol. The van der Waals surface area contributed by atoms with Gasteiger partial charge in [-0.15, -0.1) is 0 Å². The lowest BCUT2D eigenvalue weighted by molar-refractivity contribution is -0.146. The van der Waals surface area contributed by atoms with Gasteiger partial charge in [0.25, 0.3) is 6.01 Å². The van der Waals surface area contributed by atoms with Crippen LogP contribution in [0.25, 0.3) is 11.1 Å². The molecule has 0 unspecified atom stereocenters. The molecule has 5 nitrogen and oxygen atoms in total. The van der Waals surface area contributed by atoms with Crippen molar-refractivity contribution in [3.05, 3.63) is 23.2 Å². The number of halogens is 1. The minimum atomic E-state index is -0.131. The van der Waals surface area contributed by atoms with Gasteiger partial charge in [0, 0.05) is 18.1 Å². The quantitative estimate of drug-likeness (QED) is 0.797. The molecule has 0 aliphatic carbocycles. The molecule has 106 valence electrons. The minimum absolute atomic E-state index is 0.0185. The van der Waals surface area contributed by atoms with E-state index >= 15 is 0 Å². The second-order valence-electron chi connectivity index (χ2n) is 4.89. The molecule has 0 spiro atoms. The first-order valence-corrected chi connectivity index (χ1v) is 6.94. The fourth-order valence-corrected chi connectivity index (χ4v) is 2.66. The summed E-state index contributed by atoms with van der Waals surface area (Å²) in [7, 11) is 1.43. The summed E-state index contributed by atoms with van der Waals surface area (Å²) in [6.45, 7) is 1.47. The van der Waals surface area contributed by atoms with Crippen molar-refractivity contribution in [3.8, 4) is 0 Å². The first kappa shape index (κ1) is 13.2. The Bertz CT molecular complexity index is 632. The highest BCUT2D eigenvalue weighted by atomic mass is 35.5. The summed E-state index contributed by atoms with van der Waals surface area (Å²) in [6, 6.07) is 5.97. The molecule has 0 amide bonds. The van der Waals surface area contributed by atoms with Gasteiger partial charge < -0.3 is 14.1 Å². The number of fused-ring (bicyclic) bond motifs is 1. The number of benzene rings is 1. The van der Waals surface area contributed by atoms with E-state index in [-0.39, 0.29) is 11.9 Å². The van der Waals surface area contributed by atoms with Gasteiger partial charge in [-0.1, -0.05) is 11.6 Å². The number of hydrogen-bond donors (Lipinski definition) is 0. The van der Waals surface area contributed by atoms with Crippen molar-refractivity contribution in [1.29, 1.82) is 0 Å². The number of esters is 1. The number of nitrogens with zero attached hydrogens (tertiary/aromatic N) is 2. The van der Waals surface area contributed by atoms with Crippen molar-refractivity contribution in [2.24, 2.45) is 5.92 Å². The van der Waals surface area contributed by atoms with Crippen LogP contribution in [0, 0.1) is 5.92 Å². The Morgan fingerprint density at radius 1 is 1.45 bits per heavy atom. The standard InChI is InChI=1S/C14H15ClN2O3/c1-19-13(18)9-4-6-17(7-5-9)14-16-11-8-10(15)2-3-12(11)20-14/h2-3,8-9H,4-7H2,1H3. The molecule has 2 aromatic rings. The topological polar surface area (TPSA) is 55.6 Å². The number of hydrogen-bond acceptors (Lipinski definition) is 5. The average Bonchev–Trinajstić information content (AvgIpc) is 2.89. The van der Waals surface area contributed by atoms with Crippen LogP contribution in [0.15, 0.2) is 22.6 Å². The lowest BCUT2D eigenvalue weighted by atomic mass is 9.97. The van der Waals surface area contributed by atoms with Gasteiger partial charge in [-0.3, -0.25) is 4.79 Å². The molecule has 0 bridgehead atoms. The van der Waals surface area contributed by atoms with Crippen molar-refractivity contribution in [3.63, 3.8) is 0 Å². The highest BCUT2D eigenvalue weighted by molar-refractivity contribution is 6.31. The third kappa shape index (κ3) is 2.45. The van der Waals surface area contributed by atoms with Gasteiger partial charge in [0.05, 0.1) is 13.0 Å². The smallest absolute Gasteiger partial charge is 0.308 e. The molecule has 0 saturated carbocycles. The maximum atomic E-state index is 11.5. The van der Waals surface area contributed by atoms with Crippen molar-refractivity contribution < 1.29 is 13.9 Å². The summed E-state index contributed by atoms with van der Waals surface area (Å²) in [5.41, 5.74) is 1.47. The van der Waals surface area contributed by atoms with E-state index in [4.69, 9.17) is 20.8 Å². The Hall–Kier alpha value is -1.75. The van der Waals surface area contributed by atoms with Gasteiger partial charge in [-0.05, 0) is 31.0 Å². The molecule has 20 heavy (non-hydrogen) atoms. The monoisotopic (exact) mass is 294 g/mol. The molecule has 1 aromatic heterocycles. The maximum Gasteiger partial charge on any atom is 0.308 e. The SMILES string of the molecule is COC(=O)C1CCN(c2nc3cc(Cl)ccc3o2)CC1. The average molecular weight is 295 g/mol. The lowest BCUT2D eigenvalue weighted by Crippen LogP contribution is -2.36. The maximum absolute atomic E-state index is 11.5. The predicted molar refractivity (Wildman–Crippen MR) is 76.0 cm³/mol. The number of ether oxygens (including phenoxy) is 1. The highest BCUT2D eigenvalue weighted by Crippen LogP contribution is 2.28. The van der Waals surface area contributed by atoms with Crippen LogP contribution < -0.4 is 4.90 Å². The Kier molecular flexibility index (Phi) is 3.53. The van der Waals surface area contributed by atoms with Gasteiger partial charge >= 0.3 is 5.97 Å². The zero-order valence-corrected chi connectivity index (χ0v) is 11.9. The molecular formula is C14H15ClN2O3. The molecule has 3 rings (SSSR count). The molecule has 6 heteroatoms. The Morgan fingerprint density at radius 3 is 2.90 bits per heavy atom. The van der Waals surface area contributed by atoms with Crippen LogP contribution in [0.1, 0.15) is 12.8 Å². The summed E-state index contributed by atoms with van der Waals surface area (Å²) in [4.78, 5) is 18.0. The molecule has 1 aliphatic heterocycles. The minimum Gasteiger partial charge on any atom is -0.469 e. The number of carbonyl (C=O) groups excluding carboxylic acids is 1. The zero-order valence-electron chi connectivity index (χ0n) is 11.1. The number of methoxy groups -OCH3 is 1. The lowest BCUT2D eigenvalue weighted by Gasteiger charge is -2.29. The first-order valence-electron chi connectivity index (χ1n) is 6.56. The number of oxazole rings is 1. The molecule has 2 heterocycles. The highest BCUT2D eigenvalue weighted by Gasteiger charge is 2.27. The van der Waals surface area contributed by atoms with E-state index in [1.54, 1.807) is 12.1 Å². The van der Waals surface area contributed by atoms with Crippen LogP contribution in [0.3, 0.4) is 0 Å². The Morgan fingerprint density at radius 2 is 2.20 bits per heavy atom. The van der Waals surface area contributed by atoms with Crippen LogP contribution in [-0.2, 0) is 9.53 Å². The van der Waals surface area contributed by atoms with Gasteiger partial charge in [0.2, 0.25) is 0 Å². The van der Waals surface area contributed by atoms with E-state index in [1.165, 1.54) is 7.11 Å². The summed E-state index contributed by atoms with van der Waals surface area (Å²) >= 11 is 5.94. The van der Waals surface area contributed by atoms with Crippen LogP contribution >= 0.6 is 11.6 Å². The van der Waals surface area contributed by atoms with Gasteiger partial charge in [0.1, 0.15) is 5.52 Å². The summed E-state index contributed by atoms with van der Waals surface area (Å²) in [6.07, 6.45) is 1.51. The zero-order chi connectivity index (χ0) is 14.1. The molecule has 0 radical (unpaired) electrons. The number of piperidine rings is 1. The fraction of sp³-hybridized carbons (Fsp3) is 0.429. The van der Waals surface area contributed by atoms with E-state index in [0.29, 0.717) is 11.0 Å². The van der Waals surface area contributed by atoms with Crippen LogP contribution in [0.4, 0.5) is 6.01 Å². The van der Waals surface area contributed by atoms with E-state index < -0.39 is 0 Å².